The first-order chi connectivity index (χ1) is 11.9. The summed E-state index contributed by atoms with van der Waals surface area (Å²) in [6, 6.07) is 15.5. The molecule has 2 aromatic rings. The minimum absolute atomic E-state index is 0.0777. The van der Waals surface area contributed by atoms with Crippen molar-refractivity contribution in [3.8, 4) is 11.8 Å². The van der Waals surface area contributed by atoms with Gasteiger partial charge in [-0.15, -0.1) is 0 Å². The summed E-state index contributed by atoms with van der Waals surface area (Å²) in [4.78, 5) is -0.232. The zero-order valence-corrected chi connectivity index (χ0v) is 15.7. The van der Waals surface area contributed by atoms with E-state index in [9.17, 15) is 13.7 Å². The number of hydrogen-bond donors (Lipinski definition) is 0. The Balaban J connectivity index is 2.05. The number of fused-ring (bicyclic) bond motifs is 1. The van der Waals surface area contributed by atoms with Crippen molar-refractivity contribution in [2.75, 3.05) is 0 Å². The van der Waals surface area contributed by atoms with E-state index in [1.54, 1.807) is 12.1 Å². The van der Waals surface area contributed by atoms with Crippen LogP contribution in [-0.4, -0.2) is 14.5 Å². The average Bonchev–Trinajstić information content (AvgIpc) is 2.60. The molecular formula is C19H14BrNO3S. The number of nitrogens with zero attached hydrogens (tertiary/aromatic N) is 1. The number of halogens is 1. The molecule has 6 heteroatoms. The van der Waals surface area contributed by atoms with E-state index in [0.717, 1.165) is 15.8 Å². The fourth-order valence-electron chi connectivity index (χ4n) is 2.48. The third-order valence-electron chi connectivity index (χ3n) is 3.84. The summed E-state index contributed by atoms with van der Waals surface area (Å²) in [5.74, 6) is 0.737. The normalized spacial score (nSPS) is 17.1. The minimum atomic E-state index is -3.89. The number of benzene rings is 2. The third-order valence-corrected chi connectivity index (χ3v) is 6.05. The van der Waals surface area contributed by atoms with Gasteiger partial charge in [0.2, 0.25) is 9.84 Å². The molecule has 2 aromatic carbocycles. The molecule has 0 aliphatic carbocycles. The molecule has 126 valence electrons. The van der Waals surface area contributed by atoms with Crippen LogP contribution in [0.15, 0.2) is 74.5 Å². The second-order valence-electron chi connectivity index (χ2n) is 5.52. The minimum Gasteiger partial charge on any atom is -0.485 e. The Kier molecular flexibility index (Phi) is 4.80. The van der Waals surface area contributed by atoms with Crippen molar-refractivity contribution in [2.24, 2.45) is 0 Å². The summed E-state index contributed by atoms with van der Waals surface area (Å²) in [7, 11) is -3.89. The highest BCUT2D eigenvalue weighted by Crippen LogP contribution is 2.31. The standard InChI is InChI=1S/C19H14BrNO3S/c1-13-15(10-14-4-2-3-5-19(14)24-13)11-18(12-21)25(22,23)17-8-6-16(20)7-9-17/h2-11,13H,1H3. The Hall–Kier alpha value is -2.36. The summed E-state index contributed by atoms with van der Waals surface area (Å²) in [5.41, 5.74) is 1.49. The van der Waals surface area contributed by atoms with E-state index >= 15 is 0 Å². The lowest BCUT2D eigenvalue weighted by Crippen LogP contribution is -2.18. The second-order valence-corrected chi connectivity index (χ2v) is 8.35. The van der Waals surface area contributed by atoms with Crippen LogP contribution < -0.4 is 4.74 Å². The predicted octanol–water partition coefficient (Wildman–Crippen LogP) is 4.49. The molecule has 0 radical (unpaired) electrons. The lowest BCUT2D eigenvalue weighted by Gasteiger charge is -2.23. The summed E-state index contributed by atoms with van der Waals surface area (Å²) in [6.07, 6.45) is 2.88. The van der Waals surface area contributed by atoms with Crippen molar-refractivity contribution in [3.63, 3.8) is 0 Å². The van der Waals surface area contributed by atoms with Gasteiger partial charge >= 0.3 is 0 Å². The summed E-state index contributed by atoms with van der Waals surface area (Å²) < 4.78 is 32.0. The maximum Gasteiger partial charge on any atom is 0.216 e. The van der Waals surface area contributed by atoms with E-state index in [4.69, 9.17) is 4.74 Å². The molecule has 0 aromatic heterocycles. The molecule has 0 bridgehead atoms. The van der Waals surface area contributed by atoms with Crippen LogP contribution in [0.3, 0.4) is 0 Å². The van der Waals surface area contributed by atoms with E-state index in [1.165, 1.54) is 18.2 Å². The van der Waals surface area contributed by atoms with Gasteiger partial charge < -0.3 is 4.74 Å². The number of para-hydroxylation sites is 1. The van der Waals surface area contributed by atoms with Gasteiger partial charge in [-0.3, -0.25) is 0 Å². The molecule has 1 heterocycles. The van der Waals surface area contributed by atoms with E-state index in [-0.39, 0.29) is 15.9 Å². The Morgan fingerprint density at radius 3 is 2.56 bits per heavy atom. The van der Waals surface area contributed by atoms with Crippen LogP contribution in [0, 0.1) is 11.3 Å². The Labute approximate surface area is 155 Å². The molecule has 0 fully saturated rings. The van der Waals surface area contributed by atoms with Crippen molar-refractivity contribution >= 4 is 31.8 Å². The fourth-order valence-corrected chi connectivity index (χ4v) is 3.91. The van der Waals surface area contributed by atoms with E-state index < -0.39 is 9.84 Å². The molecule has 1 unspecified atom stereocenters. The molecule has 0 N–H and O–H groups in total. The first-order valence-corrected chi connectivity index (χ1v) is 9.79. The predicted molar refractivity (Wildman–Crippen MR) is 99.5 cm³/mol. The zero-order valence-electron chi connectivity index (χ0n) is 13.3. The zero-order chi connectivity index (χ0) is 18.0. The number of nitriles is 1. The monoisotopic (exact) mass is 415 g/mol. The number of allylic oxidation sites excluding steroid dienone is 1. The first-order valence-electron chi connectivity index (χ1n) is 7.51. The first kappa shape index (κ1) is 17.5. The van der Waals surface area contributed by atoms with Crippen molar-refractivity contribution in [1.82, 2.24) is 0 Å². The van der Waals surface area contributed by atoms with E-state index in [1.807, 2.05) is 43.3 Å². The lowest BCUT2D eigenvalue weighted by atomic mass is 10.0. The molecule has 1 aliphatic rings. The van der Waals surface area contributed by atoms with E-state index in [0.29, 0.717) is 5.57 Å². The maximum atomic E-state index is 12.7. The molecule has 3 rings (SSSR count). The average molecular weight is 416 g/mol. The van der Waals surface area contributed by atoms with Crippen LogP contribution in [0.1, 0.15) is 12.5 Å². The fraction of sp³-hybridized carbons (Fsp3) is 0.105. The van der Waals surface area contributed by atoms with Gasteiger partial charge in [0.1, 0.15) is 22.8 Å². The molecule has 25 heavy (non-hydrogen) atoms. The van der Waals surface area contributed by atoms with Crippen LogP contribution in [0.5, 0.6) is 5.75 Å². The number of ether oxygens (including phenoxy) is 1. The van der Waals surface area contributed by atoms with Gasteiger partial charge in [-0.1, -0.05) is 34.1 Å². The van der Waals surface area contributed by atoms with Crippen LogP contribution in [0.4, 0.5) is 0 Å². The van der Waals surface area contributed by atoms with Crippen molar-refractivity contribution in [1.29, 1.82) is 5.26 Å². The van der Waals surface area contributed by atoms with Crippen LogP contribution in [0.2, 0.25) is 0 Å². The van der Waals surface area contributed by atoms with Gasteiger partial charge in [0.25, 0.3) is 0 Å². The molecule has 4 nitrogen and oxygen atoms in total. The number of sulfone groups is 1. The molecule has 1 atom stereocenters. The van der Waals surface area contributed by atoms with Crippen LogP contribution >= 0.6 is 15.9 Å². The smallest absolute Gasteiger partial charge is 0.216 e. The molecule has 0 saturated heterocycles. The van der Waals surface area contributed by atoms with E-state index in [2.05, 4.69) is 15.9 Å². The van der Waals surface area contributed by atoms with Gasteiger partial charge in [0.15, 0.2) is 0 Å². The number of rotatable bonds is 3. The van der Waals surface area contributed by atoms with Gasteiger partial charge in [-0.2, -0.15) is 5.26 Å². The lowest BCUT2D eigenvalue weighted by molar-refractivity contribution is 0.257. The SMILES string of the molecule is CC1Oc2ccccc2C=C1C=C(C#N)S(=O)(=O)c1ccc(Br)cc1. The summed E-state index contributed by atoms with van der Waals surface area (Å²) >= 11 is 3.27. The molecule has 1 aliphatic heterocycles. The molecule has 0 saturated carbocycles. The topological polar surface area (TPSA) is 67.2 Å². The van der Waals surface area contributed by atoms with Gasteiger partial charge in [0, 0.05) is 10.0 Å². The van der Waals surface area contributed by atoms with Crippen molar-refractivity contribution < 1.29 is 13.2 Å². The van der Waals surface area contributed by atoms with Gasteiger partial charge in [-0.25, -0.2) is 8.42 Å². The maximum absolute atomic E-state index is 12.7. The highest BCUT2D eigenvalue weighted by atomic mass is 79.9. The second kappa shape index (κ2) is 6.87. The third kappa shape index (κ3) is 3.53. The summed E-state index contributed by atoms with van der Waals surface area (Å²) in [6.45, 7) is 1.82. The Bertz CT molecular complexity index is 1020. The molecule has 0 amide bonds. The largest absolute Gasteiger partial charge is 0.485 e. The van der Waals surface area contributed by atoms with Crippen molar-refractivity contribution in [3.05, 3.63) is 75.1 Å². The summed E-state index contributed by atoms with van der Waals surface area (Å²) in [5, 5.41) is 9.41. The number of hydrogen-bond acceptors (Lipinski definition) is 4. The van der Waals surface area contributed by atoms with Crippen LogP contribution in [-0.2, 0) is 9.84 Å². The van der Waals surface area contributed by atoms with Crippen LogP contribution in [0.25, 0.3) is 6.08 Å². The Morgan fingerprint density at radius 2 is 1.88 bits per heavy atom. The molecule has 0 spiro atoms. The quantitative estimate of drug-likeness (QED) is 0.692. The highest BCUT2D eigenvalue weighted by molar-refractivity contribution is 9.10. The molecular weight excluding hydrogens is 402 g/mol. The van der Waals surface area contributed by atoms with Gasteiger partial charge in [0.05, 0.1) is 4.90 Å². The Morgan fingerprint density at radius 1 is 1.20 bits per heavy atom. The van der Waals surface area contributed by atoms with Gasteiger partial charge in [-0.05, 0) is 55.0 Å². The van der Waals surface area contributed by atoms with Crippen molar-refractivity contribution in [2.45, 2.75) is 17.9 Å². The highest BCUT2D eigenvalue weighted by Gasteiger charge is 2.24.